The van der Waals surface area contributed by atoms with Gasteiger partial charge in [-0.2, -0.15) is 0 Å². The highest BCUT2D eigenvalue weighted by Gasteiger charge is 2.19. The summed E-state index contributed by atoms with van der Waals surface area (Å²) in [5.41, 5.74) is 1.56. The predicted molar refractivity (Wildman–Crippen MR) is 93.4 cm³/mol. The van der Waals surface area contributed by atoms with Crippen LogP contribution in [0.3, 0.4) is 0 Å². The number of nitrogens with one attached hydrogen (secondary N) is 3. The van der Waals surface area contributed by atoms with E-state index < -0.39 is 0 Å². The molecule has 8 nitrogen and oxygen atoms in total. The molecule has 2 rings (SSSR count). The average molecular weight is 348 g/mol. The van der Waals surface area contributed by atoms with Crippen molar-refractivity contribution in [3.05, 3.63) is 29.8 Å². The Morgan fingerprint density at radius 2 is 2.08 bits per heavy atom. The van der Waals surface area contributed by atoms with Crippen molar-refractivity contribution in [1.29, 1.82) is 0 Å². The monoisotopic (exact) mass is 348 g/mol. The molecule has 0 spiro atoms. The molecule has 1 aliphatic heterocycles. The van der Waals surface area contributed by atoms with Crippen LogP contribution in [-0.2, 0) is 16.0 Å². The van der Waals surface area contributed by atoms with Crippen molar-refractivity contribution in [2.75, 3.05) is 38.6 Å². The van der Waals surface area contributed by atoms with Crippen molar-refractivity contribution < 1.29 is 19.1 Å². The predicted octanol–water partition coefficient (Wildman–Crippen LogP) is 1.33. The molecule has 1 saturated heterocycles. The second kappa shape index (κ2) is 9.51. The first-order valence-corrected chi connectivity index (χ1v) is 8.35. The maximum absolute atomic E-state index is 12.0. The highest BCUT2D eigenvalue weighted by molar-refractivity contribution is 5.90. The number of rotatable bonds is 7. The van der Waals surface area contributed by atoms with Crippen molar-refractivity contribution in [3.63, 3.8) is 0 Å². The molecular formula is C17H24N4O4. The van der Waals surface area contributed by atoms with Gasteiger partial charge in [0, 0.05) is 38.8 Å². The van der Waals surface area contributed by atoms with Crippen LogP contribution in [0.5, 0.6) is 0 Å². The molecule has 3 N–H and O–H groups in total. The maximum Gasteiger partial charge on any atom is 0.409 e. The molecule has 1 aliphatic rings. The van der Waals surface area contributed by atoms with Crippen LogP contribution >= 0.6 is 0 Å². The van der Waals surface area contributed by atoms with Gasteiger partial charge >= 0.3 is 12.1 Å². The van der Waals surface area contributed by atoms with Crippen molar-refractivity contribution in [1.82, 2.24) is 15.5 Å². The first-order valence-electron chi connectivity index (χ1n) is 8.35. The molecule has 0 aliphatic carbocycles. The van der Waals surface area contributed by atoms with Gasteiger partial charge in [0.1, 0.15) is 0 Å². The minimum Gasteiger partial charge on any atom is -0.449 e. The third-order valence-electron chi connectivity index (χ3n) is 3.89. The third-order valence-corrected chi connectivity index (χ3v) is 3.89. The van der Waals surface area contributed by atoms with Gasteiger partial charge < -0.3 is 25.6 Å². The Morgan fingerprint density at radius 3 is 2.84 bits per heavy atom. The summed E-state index contributed by atoms with van der Waals surface area (Å²) < 4.78 is 4.94. The van der Waals surface area contributed by atoms with Crippen LogP contribution in [-0.4, -0.2) is 56.2 Å². The molecule has 0 atom stereocenters. The second-order valence-corrected chi connectivity index (χ2v) is 5.67. The van der Waals surface area contributed by atoms with E-state index in [9.17, 15) is 14.4 Å². The summed E-state index contributed by atoms with van der Waals surface area (Å²) >= 11 is 0. The standard InChI is InChI=1S/C17H24N4O4/c1-18-15(22)8-7-13-5-2-3-6-14(13)20-16(23)19-9-11-21-10-4-12-25-17(21)24/h2-3,5-6H,4,7-12H2,1H3,(H,18,22)(H2,19,20,23). The Kier molecular flexibility index (Phi) is 7.06. The number of carbonyl (C=O) groups is 3. The molecule has 136 valence electrons. The van der Waals surface area contributed by atoms with Crippen LogP contribution in [0.1, 0.15) is 18.4 Å². The summed E-state index contributed by atoms with van der Waals surface area (Å²) in [6, 6.07) is 7.01. The molecule has 0 saturated carbocycles. The highest BCUT2D eigenvalue weighted by Crippen LogP contribution is 2.16. The number of amides is 4. The van der Waals surface area contributed by atoms with E-state index in [2.05, 4.69) is 16.0 Å². The quantitative estimate of drug-likeness (QED) is 0.692. The van der Waals surface area contributed by atoms with E-state index in [1.54, 1.807) is 18.0 Å². The van der Waals surface area contributed by atoms with Gasteiger partial charge in [-0.15, -0.1) is 0 Å². The minimum absolute atomic E-state index is 0.0485. The number of hydrogen-bond acceptors (Lipinski definition) is 4. The fraction of sp³-hybridized carbons (Fsp3) is 0.471. The highest BCUT2D eigenvalue weighted by atomic mass is 16.6. The summed E-state index contributed by atoms with van der Waals surface area (Å²) in [4.78, 5) is 36.5. The van der Waals surface area contributed by atoms with Crippen LogP contribution in [0.25, 0.3) is 0 Å². The van der Waals surface area contributed by atoms with Gasteiger partial charge in [0.15, 0.2) is 0 Å². The normalized spacial score (nSPS) is 13.8. The Morgan fingerprint density at radius 1 is 1.28 bits per heavy atom. The number of hydrogen-bond donors (Lipinski definition) is 3. The van der Waals surface area contributed by atoms with Gasteiger partial charge in [-0.3, -0.25) is 4.79 Å². The summed E-state index contributed by atoms with van der Waals surface area (Å²) in [6.07, 6.45) is 1.35. The molecule has 1 heterocycles. The van der Waals surface area contributed by atoms with Gasteiger partial charge in [0.25, 0.3) is 0 Å². The summed E-state index contributed by atoms with van der Waals surface area (Å²) in [5.74, 6) is -0.0485. The number of benzene rings is 1. The fourth-order valence-corrected chi connectivity index (χ4v) is 2.50. The van der Waals surface area contributed by atoms with Gasteiger partial charge in [0.05, 0.1) is 6.61 Å². The van der Waals surface area contributed by atoms with Crippen molar-refractivity contribution in [2.45, 2.75) is 19.3 Å². The number of carbonyl (C=O) groups excluding carboxylic acids is 3. The SMILES string of the molecule is CNC(=O)CCc1ccccc1NC(=O)NCCN1CCCOC1=O. The van der Waals surface area contributed by atoms with Crippen LogP contribution in [0.15, 0.2) is 24.3 Å². The molecule has 1 fully saturated rings. The van der Waals surface area contributed by atoms with Crippen LogP contribution in [0.4, 0.5) is 15.3 Å². The Labute approximate surface area is 146 Å². The molecule has 1 aromatic carbocycles. The molecule has 25 heavy (non-hydrogen) atoms. The lowest BCUT2D eigenvalue weighted by atomic mass is 10.1. The lowest BCUT2D eigenvalue weighted by molar-refractivity contribution is -0.120. The summed E-state index contributed by atoms with van der Waals surface area (Å²) in [6.45, 7) is 1.84. The average Bonchev–Trinajstić information content (AvgIpc) is 2.62. The molecular weight excluding hydrogens is 324 g/mol. The van der Waals surface area contributed by atoms with Gasteiger partial charge in [-0.1, -0.05) is 18.2 Å². The number of para-hydroxylation sites is 1. The topological polar surface area (TPSA) is 99.8 Å². The first kappa shape index (κ1) is 18.6. The summed E-state index contributed by atoms with van der Waals surface area (Å²) in [5, 5.41) is 8.09. The smallest absolute Gasteiger partial charge is 0.409 e. The minimum atomic E-state index is -0.349. The van der Waals surface area contributed by atoms with Gasteiger partial charge in [0.2, 0.25) is 5.91 Å². The second-order valence-electron chi connectivity index (χ2n) is 5.67. The zero-order chi connectivity index (χ0) is 18.1. The zero-order valence-corrected chi connectivity index (χ0v) is 14.3. The number of nitrogens with zero attached hydrogens (tertiary/aromatic N) is 1. The number of anilines is 1. The molecule has 8 heteroatoms. The number of aryl methyl sites for hydroxylation is 1. The lowest BCUT2D eigenvalue weighted by Gasteiger charge is -2.26. The van der Waals surface area contributed by atoms with Gasteiger partial charge in [-0.25, -0.2) is 9.59 Å². The number of cyclic esters (lactones) is 1. The molecule has 1 aromatic rings. The largest absolute Gasteiger partial charge is 0.449 e. The Balaban J connectivity index is 1.79. The van der Waals surface area contributed by atoms with Crippen LogP contribution in [0.2, 0.25) is 0 Å². The van der Waals surface area contributed by atoms with E-state index >= 15 is 0 Å². The van der Waals surface area contributed by atoms with Gasteiger partial charge in [-0.05, 0) is 24.5 Å². The number of urea groups is 1. The van der Waals surface area contributed by atoms with E-state index in [0.717, 1.165) is 12.0 Å². The molecule has 0 unspecified atom stereocenters. The van der Waals surface area contributed by atoms with Crippen molar-refractivity contribution in [3.8, 4) is 0 Å². The zero-order valence-electron chi connectivity index (χ0n) is 14.3. The van der Waals surface area contributed by atoms with Crippen LogP contribution < -0.4 is 16.0 Å². The number of ether oxygens (including phenoxy) is 1. The molecule has 0 bridgehead atoms. The van der Waals surface area contributed by atoms with Crippen molar-refractivity contribution >= 4 is 23.7 Å². The van der Waals surface area contributed by atoms with E-state index in [-0.39, 0.29) is 18.0 Å². The van der Waals surface area contributed by atoms with E-state index in [4.69, 9.17) is 4.74 Å². The Hall–Kier alpha value is -2.77. The molecule has 0 radical (unpaired) electrons. The fourth-order valence-electron chi connectivity index (χ4n) is 2.50. The van der Waals surface area contributed by atoms with E-state index in [0.29, 0.717) is 44.8 Å². The first-order chi connectivity index (χ1) is 12.1. The van der Waals surface area contributed by atoms with E-state index in [1.807, 2.05) is 18.2 Å². The Bertz CT molecular complexity index is 620. The van der Waals surface area contributed by atoms with Crippen LogP contribution in [0, 0.1) is 0 Å². The summed E-state index contributed by atoms with van der Waals surface area (Å²) in [7, 11) is 1.60. The van der Waals surface area contributed by atoms with Crippen molar-refractivity contribution in [2.24, 2.45) is 0 Å². The molecule has 0 aromatic heterocycles. The maximum atomic E-state index is 12.0. The lowest BCUT2D eigenvalue weighted by Crippen LogP contribution is -2.43. The van der Waals surface area contributed by atoms with E-state index in [1.165, 1.54) is 0 Å². The third kappa shape index (κ3) is 5.98. The molecule has 4 amide bonds.